The van der Waals surface area contributed by atoms with Gasteiger partial charge in [-0.15, -0.1) is 0 Å². The highest BCUT2D eigenvalue weighted by molar-refractivity contribution is 8.14. The topological polar surface area (TPSA) is 24.4 Å². The Morgan fingerprint density at radius 3 is 2.83 bits per heavy atom. The zero-order valence-electron chi connectivity index (χ0n) is 10.3. The molecule has 4 heteroatoms. The average molecular weight is 281 g/mol. The highest BCUT2D eigenvalue weighted by Crippen LogP contribution is 2.39. The molecule has 1 heterocycles. The van der Waals surface area contributed by atoms with Crippen LogP contribution in [0.1, 0.15) is 32.1 Å². The highest BCUT2D eigenvalue weighted by Gasteiger charge is 2.36. The second-order valence-corrected chi connectivity index (χ2v) is 6.53. The minimum atomic E-state index is 0.226. The quantitative estimate of drug-likeness (QED) is 0.816. The zero-order chi connectivity index (χ0) is 12.4. The summed E-state index contributed by atoms with van der Waals surface area (Å²) in [5.74, 6) is 1.13. The summed E-state index contributed by atoms with van der Waals surface area (Å²) in [6.45, 7) is 0. The van der Waals surface area contributed by atoms with Crippen LogP contribution >= 0.6 is 23.4 Å². The number of benzene rings is 1. The van der Waals surface area contributed by atoms with Crippen molar-refractivity contribution < 1.29 is 0 Å². The number of aliphatic imine (C=N–C) groups is 1. The lowest BCUT2D eigenvalue weighted by atomic mass is 9.84. The van der Waals surface area contributed by atoms with E-state index >= 15 is 0 Å². The lowest BCUT2D eigenvalue weighted by Gasteiger charge is -2.29. The number of hydrogen-bond acceptors (Lipinski definition) is 3. The minimum absolute atomic E-state index is 0.226. The van der Waals surface area contributed by atoms with Crippen LogP contribution in [0.25, 0.3) is 0 Å². The van der Waals surface area contributed by atoms with Crippen molar-refractivity contribution in [3.05, 3.63) is 29.3 Å². The summed E-state index contributed by atoms with van der Waals surface area (Å²) in [5, 5.41) is 5.20. The van der Waals surface area contributed by atoms with E-state index in [0.29, 0.717) is 0 Å². The zero-order valence-corrected chi connectivity index (χ0v) is 11.9. The van der Waals surface area contributed by atoms with Gasteiger partial charge in [-0.25, -0.2) is 0 Å². The Bertz CT molecular complexity index is 467. The summed E-state index contributed by atoms with van der Waals surface area (Å²) >= 11 is 7.83. The number of nitrogens with zero attached hydrogens (tertiary/aromatic N) is 1. The molecule has 0 atom stereocenters. The van der Waals surface area contributed by atoms with Crippen LogP contribution in [0.3, 0.4) is 0 Å². The maximum atomic E-state index is 5.99. The van der Waals surface area contributed by atoms with Crippen LogP contribution in [-0.2, 0) is 0 Å². The lowest BCUT2D eigenvalue weighted by Crippen LogP contribution is -2.29. The number of rotatable bonds is 1. The van der Waals surface area contributed by atoms with E-state index in [1.807, 2.05) is 36.0 Å². The molecule has 2 aliphatic rings. The van der Waals surface area contributed by atoms with E-state index < -0.39 is 0 Å². The number of amidine groups is 1. The summed E-state index contributed by atoms with van der Waals surface area (Å²) in [7, 11) is 0. The molecule has 0 aromatic heterocycles. The number of anilines is 1. The van der Waals surface area contributed by atoms with Gasteiger partial charge >= 0.3 is 0 Å². The summed E-state index contributed by atoms with van der Waals surface area (Å²) < 4.78 is 0. The average Bonchev–Trinajstić information content (AvgIpc) is 2.73. The van der Waals surface area contributed by atoms with Gasteiger partial charge in [0.2, 0.25) is 0 Å². The maximum absolute atomic E-state index is 5.99. The number of thioether (sulfide) groups is 1. The molecular weight excluding hydrogens is 264 g/mol. The third kappa shape index (κ3) is 2.67. The molecule has 0 saturated heterocycles. The first-order chi connectivity index (χ1) is 8.76. The second-order valence-electron chi connectivity index (χ2n) is 5.13. The van der Waals surface area contributed by atoms with Crippen molar-refractivity contribution in [3.8, 4) is 0 Å². The molecule has 1 fully saturated rings. The van der Waals surface area contributed by atoms with Crippen LogP contribution in [0.2, 0.25) is 5.02 Å². The van der Waals surface area contributed by atoms with Gasteiger partial charge in [0.05, 0.1) is 5.54 Å². The molecule has 3 rings (SSSR count). The molecule has 1 aromatic rings. The van der Waals surface area contributed by atoms with Crippen LogP contribution in [0.15, 0.2) is 29.3 Å². The minimum Gasteiger partial charge on any atom is -0.335 e. The molecule has 0 bridgehead atoms. The normalized spacial score (nSPS) is 21.9. The summed E-state index contributed by atoms with van der Waals surface area (Å²) in [6.07, 6.45) is 6.53. The number of nitrogens with one attached hydrogen (secondary N) is 1. The molecule has 96 valence electrons. The van der Waals surface area contributed by atoms with Gasteiger partial charge in [-0.2, -0.15) is 0 Å². The van der Waals surface area contributed by atoms with Crippen molar-refractivity contribution in [2.75, 3.05) is 11.1 Å². The lowest BCUT2D eigenvalue weighted by molar-refractivity contribution is 0.335. The first-order valence-corrected chi connectivity index (χ1v) is 7.87. The first-order valence-electron chi connectivity index (χ1n) is 6.51. The van der Waals surface area contributed by atoms with Gasteiger partial charge in [-0.05, 0) is 31.0 Å². The van der Waals surface area contributed by atoms with E-state index in [0.717, 1.165) is 21.6 Å². The molecule has 2 nitrogen and oxygen atoms in total. The Morgan fingerprint density at radius 1 is 1.22 bits per heavy atom. The SMILES string of the molecule is Clc1cccc(NC2=NC3(CCCCC3)CS2)c1. The van der Waals surface area contributed by atoms with E-state index in [2.05, 4.69) is 5.32 Å². The molecule has 18 heavy (non-hydrogen) atoms. The summed E-state index contributed by atoms with van der Waals surface area (Å²) in [6, 6.07) is 7.82. The van der Waals surface area contributed by atoms with Gasteiger partial charge < -0.3 is 5.32 Å². The Morgan fingerprint density at radius 2 is 2.06 bits per heavy atom. The fourth-order valence-electron chi connectivity index (χ4n) is 2.70. The van der Waals surface area contributed by atoms with Crippen LogP contribution in [-0.4, -0.2) is 16.5 Å². The smallest absolute Gasteiger partial charge is 0.161 e. The Hall–Kier alpha value is -0.670. The van der Waals surface area contributed by atoms with Gasteiger partial charge in [0.25, 0.3) is 0 Å². The van der Waals surface area contributed by atoms with E-state index in [1.54, 1.807) is 0 Å². The largest absolute Gasteiger partial charge is 0.335 e. The molecule has 0 unspecified atom stereocenters. The number of halogens is 1. The van der Waals surface area contributed by atoms with Crippen molar-refractivity contribution in [2.45, 2.75) is 37.6 Å². The third-order valence-corrected chi connectivity index (χ3v) is 5.06. The van der Waals surface area contributed by atoms with Crippen LogP contribution in [0.4, 0.5) is 5.69 Å². The maximum Gasteiger partial charge on any atom is 0.161 e. The van der Waals surface area contributed by atoms with Gasteiger partial charge in [0, 0.05) is 16.5 Å². The standard InChI is InChI=1S/C14H17ClN2S/c15-11-5-4-6-12(9-11)16-13-17-14(10-18-13)7-2-1-3-8-14/h4-6,9H,1-3,7-8,10H2,(H,16,17). The molecule has 1 aliphatic carbocycles. The van der Waals surface area contributed by atoms with Crippen molar-refractivity contribution in [2.24, 2.45) is 4.99 Å². The van der Waals surface area contributed by atoms with Crippen LogP contribution in [0, 0.1) is 0 Å². The van der Waals surface area contributed by atoms with Crippen molar-refractivity contribution in [1.29, 1.82) is 0 Å². The Labute approximate surface area is 117 Å². The van der Waals surface area contributed by atoms with E-state index in [9.17, 15) is 0 Å². The molecular formula is C14H17ClN2S. The molecule has 1 N–H and O–H groups in total. The molecule has 1 spiro atoms. The van der Waals surface area contributed by atoms with E-state index in [-0.39, 0.29) is 5.54 Å². The monoisotopic (exact) mass is 280 g/mol. The van der Waals surface area contributed by atoms with E-state index in [1.165, 1.54) is 32.1 Å². The molecule has 0 amide bonds. The van der Waals surface area contributed by atoms with Crippen LogP contribution < -0.4 is 5.32 Å². The third-order valence-electron chi connectivity index (χ3n) is 3.68. The highest BCUT2D eigenvalue weighted by atomic mass is 35.5. The van der Waals surface area contributed by atoms with Crippen molar-refractivity contribution in [3.63, 3.8) is 0 Å². The van der Waals surface area contributed by atoms with Crippen LogP contribution in [0.5, 0.6) is 0 Å². The summed E-state index contributed by atoms with van der Waals surface area (Å²) in [4.78, 5) is 4.93. The molecule has 1 aliphatic heterocycles. The van der Waals surface area contributed by atoms with Crippen molar-refractivity contribution >= 4 is 34.2 Å². The molecule has 1 aromatic carbocycles. The summed E-state index contributed by atoms with van der Waals surface area (Å²) in [5.41, 5.74) is 1.26. The van der Waals surface area contributed by atoms with Gasteiger partial charge in [-0.3, -0.25) is 4.99 Å². The second kappa shape index (κ2) is 5.14. The number of hydrogen-bond donors (Lipinski definition) is 1. The Balaban J connectivity index is 1.72. The van der Waals surface area contributed by atoms with E-state index in [4.69, 9.17) is 16.6 Å². The fraction of sp³-hybridized carbons (Fsp3) is 0.500. The fourth-order valence-corrected chi connectivity index (χ4v) is 4.10. The molecule has 0 radical (unpaired) electrons. The molecule has 1 saturated carbocycles. The first kappa shape index (κ1) is 12.4. The van der Waals surface area contributed by atoms with Gasteiger partial charge in [-0.1, -0.05) is 48.7 Å². The Kier molecular flexibility index (Phi) is 3.53. The van der Waals surface area contributed by atoms with Crippen molar-refractivity contribution in [1.82, 2.24) is 0 Å². The predicted octanol–water partition coefficient (Wildman–Crippen LogP) is 4.56. The predicted molar refractivity (Wildman–Crippen MR) is 80.8 cm³/mol. The van der Waals surface area contributed by atoms with Gasteiger partial charge in [0.15, 0.2) is 5.17 Å². The van der Waals surface area contributed by atoms with Gasteiger partial charge in [0.1, 0.15) is 0 Å².